The number of nitrogens with two attached hydrogens (primary N) is 1. The number of amides is 3. The largest absolute Gasteiger partial charge is 0.480 e. The molecule has 0 saturated carbocycles. The predicted octanol–water partition coefficient (Wildman–Crippen LogP) is -1.07. The third-order valence-electron chi connectivity index (χ3n) is 2.56. The first kappa shape index (κ1) is 12.3. The topological polar surface area (TPSA) is 104 Å². The van der Waals surface area contributed by atoms with Gasteiger partial charge in [-0.1, -0.05) is 0 Å². The molecule has 7 nitrogen and oxygen atoms in total. The molecule has 90 valence electrons. The second-order valence-electron chi connectivity index (χ2n) is 3.87. The Balaban J connectivity index is 2.50. The summed E-state index contributed by atoms with van der Waals surface area (Å²) < 4.78 is 0. The number of carbonyl (C=O) groups is 3. The van der Waals surface area contributed by atoms with E-state index >= 15 is 0 Å². The molecule has 1 heterocycles. The van der Waals surface area contributed by atoms with E-state index in [9.17, 15) is 14.4 Å². The van der Waals surface area contributed by atoms with Gasteiger partial charge in [0.25, 0.3) is 0 Å². The van der Waals surface area contributed by atoms with E-state index in [1.54, 1.807) is 0 Å². The number of carboxylic acids is 1. The number of likely N-dealkylation sites (N-methyl/N-ethyl adjacent to an activating group) is 1. The van der Waals surface area contributed by atoms with Crippen LogP contribution in [0.5, 0.6) is 0 Å². The zero-order valence-corrected chi connectivity index (χ0v) is 9.05. The van der Waals surface area contributed by atoms with E-state index in [1.807, 2.05) is 0 Å². The van der Waals surface area contributed by atoms with E-state index in [0.717, 1.165) is 4.90 Å². The highest BCUT2D eigenvalue weighted by atomic mass is 16.4. The van der Waals surface area contributed by atoms with Crippen LogP contribution in [0.1, 0.15) is 6.42 Å². The maximum absolute atomic E-state index is 11.7. The molecule has 1 unspecified atom stereocenters. The minimum Gasteiger partial charge on any atom is -0.480 e. The molecule has 1 rings (SSSR count). The first-order valence-electron chi connectivity index (χ1n) is 4.93. The van der Waals surface area contributed by atoms with Crippen molar-refractivity contribution in [3.63, 3.8) is 0 Å². The molecule has 1 saturated heterocycles. The fourth-order valence-electron chi connectivity index (χ4n) is 1.68. The summed E-state index contributed by atoms with van der Waals surface area (Å²) in [4.78, 5) is 35.5. The van der Waals surface area contributed by atoms with Crippen molar-refractivity contribution in [2.75, 3.05) is 26.7 Å². The van der Waals surface area contributed by atoms with E-state index in [-0.39, 0.29) is 25.0 Å². The summed E-state index contributed by atoms with van der Waals surface area (Å²) in [5.41, 5.74) is 5.13. The molecule has 0 aromatic carbocycles. The summed E-state index contributed by atoms with van der Waals surface area (Å²) in [5.74, 6) is -1.81. The Bertz CT molecular complexity index is 318. The maximum Gasteiger partial charge on any atom is 0.323 e. The molecule has 0 radical (unpaired) electrons. The molecular formula is C9H15N3O4. The van der Waals surface area contributed by atoms with Gasteiger partial charge in [-0.3, -0.25) is 9.59 Å². The van der Waals surface area contributed by atoms with Crippen molar-refractivity contribution in [2.45, 2.75) is 6.42 Å². The van der Waals surface area contributed by atoms with Crippen LogP contribution in [-0.4, -0.2) is 59.5 Å². The normalized spacial score (nSPS) is 19.6. The lowest BCUT2D eigenvalue weighted by molar-refractivity contribution is -0.137. The molecule has 0 aromatic rings. The number of hydrogen-bond donors (Lipinski definition) is 2. The molecule has 1 atom stereocenters. The van der Waals surface area contributed by atoms with Gasteiger partial charge in [0.05, 0.1) is 5.92 Å². The van der Waals surface area contributed by atoms with Crippen LogP contribution in [0.3, 0.4) is 0 Å². The highest BCUT2D eigenvalue weighted by Gasteiger charge is 2.31. The quantitative estimate of drug-likeness (QED) is 0.643. The smallest absolute Gasteiger partial charge is 0.323 e. The van der Waals surface area contributed by atoms with Crippen LogP contribution in [0.2, 0.25) is 0 Å². The molecule has 1 fully saturated rings. The number of carboxylic acid groups (broad SMARTS) is 1. The highest BCUT2D eigenvalue weighted by Crippen LogP contribution is 2.16. The Labute approximate surface area is 92.8 Å². The molecule has 3 N–H and O–H groups in total. The zero-order valence-electron chi connectivity index (χ0n) is 9.05. The summed E-state index contributed by atoms with van der Waals surface area (Å²) in [6.45, 7) is 0.366. The Hall–Kier alpha value is -1.79. The minimum absolute atomic E-state index is 0.276. The molecule has 1 aliphatic heterocycles. The molecule has 0 spiro atoms. The van der Waals surface area contributed by atoms with Gasteiger partial charge < -0.3 is 20.6 Å². The van der Waals surface area contributed by atoms with Crippen LogP contribution in [0.15, 0.2) is 0 Å². The summed E-state index contributed by atoms with van der Waals surface area (Å²) in [5, 5.41) is 8.53. The second kappa shape index (κ2) is 4.82. The van der Waals surface area contributed by atoms with Crippen molar-refractivity contribution in [2.24, 2.45) is 11.7 Å². The van der Waals surface area contributed by atoms with Crippen LogP contribution in [0.25, 0.3) is 0 Å². The Kier molecular flexibility index (Phi) is 3.70. The number of rotatable bonds is 3. The fraction of sp³-hybridized carbons (Fsp3) is 0.667. The van der Waals surface area contributed by atoms with Crippen molar-refractivity contribution in [1.29, 1.82) is 0 Å². The molecule has 3 amide bonds. The van der Waals surface area contributed by atoms with Crippen LogP contribution >= 0.6 is 0 Å². The van der Waals surface area contributed by atoms with Crippen LogP contribution < -0.4 is 5.73 Å². The highest BCUT2D eigenvalue weighted by molar-refractivity contribution is 5.82. The van der Waals surface area contributed by atoms with Gasteiger partial charge in [0.2, 0.25) is 5.91 Å². The lowest BCUT2D eigenvalue weighted by Gasteiger charge is -2.23. The Morgan fingerprint density at radius 2 is 2.12 bits per heavy atom. The van der Waals surface area contributed by atoms with Gasteiger partial charge in [0.1, 0.15) is 6.54 Å². The molecular weight excluding hydrogens is 214 g/mol. The van der Waals surface area contributed by atoms with Crippen molar-refractivity contribution in [3.8, 4) is 0 Å². The van der Waals surface area contributed by atoms with Crippen molar-refractivity contribution >= 4 is 17.9 Å². The zero-order chi connectivity index (χ0) is 12.3. The van der Waals surface area contributed by atoms with Gasteiger partial charge >= 0.3 is 12.0 Å². The number of aliphatic carboxylic acids is 1. The summed E-state index contributed by atoms with van der Waals surface area (Å²) in [7, 11) is 1.41. The summed E-state index contributed by atoms with van der Waals surface area (Å²) >= 11 is 0. The second-order valence-corrected chi connectivity index (χ2v) is 3.87. The fourth-order valence-corrected chi connectivity index (χ4v) is 1.68. The third kappa shape index (κ3) is 2.85. The first-order valence-corrected chi connectivity index (χ1v) is 4.93. The van der Waals surface area contributed by atoms with Crippen LogP contribution in [0.4, 0.5) is 4.79 Å². The predicted molar refractivity (Wildman–Crippen MR) is 54.5 cm³/mol. The number of likely N-dealkylation sites (tertiary alicyclic amines) is 1. The molecule has 0 aliphatic carbocycles. The van der Waals surface area contributed by atoms with Gasteiger partial charge in [0.15, 0.2) is 0 Å². The van der Waals surface area contributed by atoms with Gasteiger partial charge in [0, 0.05) is 20.1 Å². The Morgan fingerprint density at radius 3 is 2.56 bits per heavy atom. The van der Waals surface area contributed by atoms with Gasteiger partial charge in [-0.05, 0) is 6.42 Å². The van der Waals surface area contributed by atoms with Crippen molar-refractivity contribution in [3.05, 3.63) is 0 Å². The monoisotopic (exact) mass is 229 g/mol. The summed E-state index contributed by atoms with van der Waals surface area (Å²) in [6.07, 6.45) is 0.544. The molecule has 0 aromatic heterocycles. The van der Waals surface area contributed by atoms with Gasteiger partial charge in [-0.25, -0.2) is 4.79 Å². The van der Waals surface area contributed by atoms with E-state index in [2.05, 4.69) is 0 Å². The third-order valence-corrected chi connectivity index (χ3v) is 2.56. The number of carbonyl (C=O) groups excluding carboxylic acids is 2. The number of nitrogens with zero attached hydrogens (tertiary/aromatic N) is 2. The van der Waals surface area contributed by atoms with Gasteiger partial charge in [-0.15, -0.1) is 0 Å². The molecule has 7 heteroatoms. The molecule has 16 heavy (non-hydrogen) atoms. The average molecular weight is 229 g/mol. The molecule has 0 bridgehead atoms. The van der Waals surface area contributed by atoms with Crippen molar-refractivity contribution in [1.82, 2.24) is 9.80 Å². The number of primary amides is 1. The average Bonchev–Trinajstić information content (AvgIpc) is 2.64. The van der Waals surface area contributed by atoms with Gasteiger partial charge in [-0.2, -0.15) is 0 Å². The standard InChI is InChI=1S/C9H15N3O4/c1-11(5-7(13)14)9(16)12-3-2-6(4-12)8(10)15/h6H,2-5H2,1H3,(H2,10,15)(H,13,14). The maximum atomic E-state index is 11.7. The number of hydrogen-bond acceptors (Lipinski definition) is 3. The van der Waals surface area contributed by atoms with Crippen LogP contribution in [0, 0.1) is 5.92 Å². The summed E-state index contributed by atoms with van der Waals surface area (Å²) in [6, 6.07) is -0.383. The SMILES string of the molecule is CN(CC(=O)O)C(=O)N1CCC(C(N)=O)C1. The van der Waals surface area contributed by atoms with E-state index in [4.69, 9.17) is 10.8 Å². The Morgan fingerprint density at radius 1 is 1.50 bits per heavy atom. The minimum atomic E-state index is -1.07. The lowest BCUT2D eigenvalue weighted by Crippen LogP contribution is -2.42. The number of urea groups is 1. The first-order chi connectivity index (χ1) is 7.41. The van der Waals surface area contributed by atoms with E-state index in [0.29, 0.717) is 13.0 Å². The van der Waals surface area contributed by atoms with E-state index < -0.39 is 11.9 Å². The van der Waals surface area contributed by atoms with Crippen molar-refractivity contribution < 1.29 is 19.5 Å². The van der Waals surface area contributed by atoms with E-state index in [1.165, 1.54) is 11.9 Å². The lowest BCUT2D eigenvalue weighted by atomic mass is 10.1. The molecule has 1 aliphatic rings. The van der Waals surface area contributed by atoms with Crippen LogP contribution in [-0.2, 0) is 9.59 Å².